The van der Waals surface area contributed by atoms with E-state index in [1.165, 1.54) is 21.6 Å². The van der Waals surface area contributed by atoms with Gasteiger partial charge in [0.1, 0.15) is 10.3 Å². The highest BCUT2D eigenvalue weighted by atomic mass is 35.5. The molecule has 0 bridgehead atoms. The fourth-order valence-corrected chi connectivity index (χ4v) is 5.02. The lowest BCUT2D eigenvalue weighted by Gasteiger charge is -2.44. The highest BCUT2D eigenvalue weighted by molar-refractivity contribution is 6.47. The van der Waals surface area contributed by atoms with E-state index in [0.717, 1.165) is 0 Å². The number of pyridine rings is 1. The Kier molecular flexibility index (Phi) is 6.70. The Morgan fingerprint density at radius 1 is 1.19 bits per heavy atom. The van der Waals surface area contributed by atoms with Gasteiger partial charge in [0.2, 0.25) is 0 Å². The Morgan fingerprint density at radius 2 is 1.72 bits per heavy atom. The van der Waals surface area contributed by atoms with Gasteiger partial charge in [-0.2, -0.15) is 0 Å². The Hall–Kier alpha value is -2.42. The average Bonchev–Trinajstić information content (AvgIpc) is 2.91. The number of carbonyl (C=O) groups excluding carboxylic acids is 3. The van der Waals surface area contributed by atoms with Crippen molar-refractivity contribution >= 4 is 46.5 Å². The highest BCUT2D eigenvalue weighted by Gasteiger charge is 2.43. The van der Waals surface area contributed by atoms with E-state index in [-0.39, 0.29) is 21.6 Å². The number of anilines is 1. The third kappa shape index (κ3) is 4.27. The number of rotatable bonds is 5. The number of Topliss-reactive ketones (excluding diaryl/α,β-unsaturated/α-hetero) is 1. The maximum Gasteiger partial charge on any atom is 0.301 e. The first-order valence-corrected chi connectivity index (χ1v) is 11.0. The van der Waals surface area contributed by atoms with Crippen LogP contribution in [0.15, 0.2) is 12.1 Å². The predicted octanol–water partition coefficient (Wildman–Crippen LogP) is 3.35. The van der Waals surface area contributed by atoms with Gasteiger partial charge in [-0.05, 0) is 64.2 Å². The summed E-state index contributed by atoms with van der Waals surface area (Å²) < 4.78 is 1.51. The zero-order chi connectivity index (χ0) is 24.0. The third-order valence-corrected chi connectivity index (χ3v) is 6.75. The van der Waals surface area contributed by atoms with E-state index < -0.39 is 29.2 Å². The molecule has 2 amide bonds. The van der Waals surface area contributed by atoms with Crippen molar-refractivity contribution in [2.24, 2.45) is 12.8 Å². The van der Waals surface area contributed by atoms with Crippen LogP contribution >= 0.6 is 23.2 Å². The van der Waals surface area contributed by atoms with Gasteiger partial charge < -0.3 is 15.4 Å². The molecule has 172 valence electrons. The van der Waals surface area contributed by atoms with Crippen LogP contribution < -0.4 is 10.6 Å². The molecule has 0 atom stereocenters. The lowest BCUT2D eigenvalue weighted by Crippen LogP contribution is -2.55. The number of ketones is 1. The summed E-state index contributed by atoms with van der Waals surface area (Å²) in [5.41, 5.74) is 6.23. The second kappa shape index (κ2) is 8.84. The molecule has 0 aromatic carbocycles. The SMILES string of the molecule is Cc1c(C(N)=O)c(C)n(C)c1C(=O)C(=O)N(c1cc(Cl)nc(Cl)c1)C1(C)CCC(O)CC1. The maximum absolute atomic E-state index is 13.7. The molecule has 0 saturated heterocycles. The van der Waals surface area contributed by atoms with Gasteiger partial charge in [-0.15, -0.1) is 0 Å². The molecule has 0 aliphatic heterocycles. The number of hydrogen-bond acceptors (Lipinski definition) is 5. The van der Waals surface area contributed by atoms with Gasteiger partial charge >= 0.3 is 5.91 Å². The molecule has 1 aliphatic rings. The summed E-state index contributed by atoms with van der Waals surface area (Å²) in [5.74, 6) is -2.24. The van der Waals surface area contributed by atoms with Crippen molar-refractivity contribution in [3.63, 3.8) is 0 Å². The number of halogens is 2. The minimum absolute atomic E-state index is 0.0825. The molecule has 2 heterocycles. The molecule has 8 nitrogen and oxygen atoms in total. The number of nitrogens with two attached hydrogens (primary N) is 1. The molecule has 0 spiro atoms. The Balaban J connectivity index is 2.14. The van der Waals surface area contributed by atoms with Gasteiger partial charge in [0.25, 0.3) is 11.7 Å². The van der Waals surface area contributed by atoms with Crippen molar-refractivity contribution in [2.75, 3.05) is 4.90 Å². The first-order chi connectivity index (χ1) is 14.9. The zero-order valence-electron chi connectivity index (χ0n) is 18.4. The van der Waals surface area contributed by atoms with Crippen LogP contribution in [0.25, 0.3) is 0 Å². The standard InChI is InChI=1S/C22H26Cl2N4O4/c1-11-17(20(25)31)12(2)27(4)18(11)19(30)21(32)28(13-9-15(23)26-16(24)10-13)22(3)7-5-14(29)6-8-22/h9-10,14,29H,5-8H2,1-4H3,(H2,25,31). The van der Waals surface area contributed by atoms with E-state index in [0.29, 0.717) is 42.6 Å². The number of amides is 2. The molecule has 2 aromatic heterocycles. The Bertz CT molecular complexity index is 1080. The van der Waals surface area contributed by atoms with Crippen LogP contribution in [0.3, 0.4) is 0 Å². The number of nitrogens with zero attached hydrogens (tertiary/aromatic N) is 3. The lowest BCUT2D eigenvalue weighted by atomic mass is 9.80. The summed E-state index contributed by atoms with van der Waals surface area (Å²) in [5, 5.41) is 10.2. The molecule has 10 heteroatoms. The van der Waals surface area contributed by atoms with Gasteiger partial charge in [-0.3, -0.25) is 19.3 Å². The largest absolute Gasteiger partial charge is 0.393 e. The summed E-state index contributed by atoms with van der Waals surface area (Å²) >= 11 is 12.2. The quantitative estimate of drug-likeness (QED) is 0.386. The van der Waals surface area contributed by atoms with Crippen molar-refractivity contribution in [2.45, 2.75) is 58.1 Å². The van der Waals surface area contributed by atoms with E-state index in [4.69, 9.17) is 28.9 Å². The fraction of sp³-hybridized carbons (Fsp3) is 0.455. The molecule has 1 saturated carbocycles. The van der Waals surface area contributed by atoms with E-state index >= 15 is 0 Å². The van der Waals surface area contributed by atoms with Gasteiger partial charge in [-0.1, -0.05) is 23.2 Å². The lowest BCUT2D eigenvalue weighted by molar-refractivity contribution is -0.116. The minimum atomic E-state index is -0.790. The second-order valence-electron chi connectivity index (χ2n) is 8.53. The van der Waals surface area contributed by atoms with Crippen molar-refractivity contribution in [1.82, 2.24) is 9.55 Å². The third-order valence-electron chi connectivity index (χ3n) is 6.37. The van der Waals surface area contributed by atoms with Crippen LogP contribution in [0, 0.1) is 13.8 Å². The molecular weight excluding hydrogens is 455 g/mol. The van der Waals surface area contributed by atoms with Crippen LogP contribution in [-0.2, 0) is 11.8 Å². The van der Waals surface area contributed by atoms with Crippen molar-refractivity contribution < 1.29 is 19.5 Å². The molecule has 1 fully saturated rings. The van der Waals surface area contributed by atoms with Crippen LogP contribution in [-0.4, -0.2) is 43.9 Å². The smallest absolute Gasteiger partial charge is 0.301 e. The summed E-state index contributed by atoms with van der Waals surface area (Å²) in [6.07, 6.45) is 1.45. The van der Waals surface area contributed by atoms with Gasteiger partial charge in [0.15, 0.2) is 0 Å². The topological polar surface area (TPSA) is 119 Å². The van der Waals surface area contributed by atoms with Crippen molar-refractivity contribution in [3.05, 3.63) is 45.0 Å². The van der Waals surface area contributed by atoms with E-state index in [1.54, 1.807) is 20.9 Å². The first kappa shape index (κ1) is 24.2. The molecule has 3 rings (SSSR count). The number of aromatic nitrogens is 2. The van der Waals surface area contributed by atoms with E-state index in [9.17, 15) is 19.5 Å². The van der Waals surface area contributed by atoms with Crippen molar-refractivity contribution in [3.8, 4) is 0 Å². The van der Waals surface area contributed by atoms with Crippen LogP contribution in [0.4, 0.5) is 5.69 Å². The summed E-state index contributed by atoms with van der Waals surface area (Å²) in [4.78, 5) is 44.5. The number of aliphatic hydroxyl groups excluding tert-OH is 1. The van der Waals surface area contributed by atoms with Gasteiger partial charge in [-0.25, -0.2) is 4.98 Å². The normalized spacial score (nSPS) is 20.8. The van der Waals surface area contributed by atoms with Crippen LogP contribution in [0.5, 0.6) is 0 Å². The van der Waals surface area contributed by atoms with Gasteiger partial charge in [0.05, 0.1) is 23.0 Å². The maximum atomic E-state index is 13.7. The number of carbonyl (C=O) groups is 3. The van der Waals surface area contributed by atoms with Gasteiger partial charge in [0, 0.05) is 18.3 Å². The number of primary amides is 1. The molecule has 0 radical (unpaired) electrons. The average molecular weight is 481 g/mol. The number of aliphatic hydroxyl groups is 1. The second-order valence-corrected chi connectivity index (χ2v) is 9.30. The monoisotopic (exact) mass is 480 g/mol. The van der Waals surface area contributed by atoms with Crippen LogP contribution in [0.1, 0.15) is 64.7 Å². The van der Waals surface area contributed by atoms with E-state index in [2.05, 4.69) is 4.98 Å². The van der Waals surface area contributed by atoms with E-state index in [1.807, 2.05) is 6.92 Å². The first-order valence-electron chi connectivity index (χ1n) is 10.2. The Labute approximate surface area is 196 Å². The molecule has 3 N–H and O–H groups in total. The minimum Gasteiger partial charge on any atom is -0.393 e. The summed E-state index contributed by atoms with van der Waals surface area (Å²) in [6, 6.07) is 2.96. The summed E-state index contributed by atoms with van der Waals surface area (Å²) in [7, 11) is 1.61. The molecule has 0 unspecified atom stereocenters. The van der Waals surface area contributed by atoms with Crippen LogP contribution in [0.2, 0.25) is 10.3 Å². The fourth-order valence-electron chi connectivity index (χ4n) is 4.57. The summed E-state index contributed by atoms with van der Waals surface area (Å²) in [6.45, 7) is 5.12. The number of hydrogen-bond donors (Lipinski definition) is 2. The van der Waals surface area contributed by atoms with Crippen molar-refractivity contribution in [1.29, 1.82) is 0 Å². The molecular formula is C22H26Cl2N4O4. The highest BCUT2D eigenvalue weighted by Crippen LogP contribution is 2.38. The zero-order valence-corrected chi connectivity index (χ0v) is 19.9. The predicted molar refractivity (Wildman–Crippen MR) is 122 cm³/mol. The molecule has 32 heavy (non-hydrogen) atoms. The Morgan fingerprint density at radius 3 is 2.19 bits per heavy atom. The molecule has 2 aromatic rings. The molecule has 1 aliphatic carbocycles.